The number of hydrogen-bond acceptors (Lipinski definition) is 6. The van der Waals surface area contributed by atoms with Crippen LogP contribution in [0.4, 0.5) is 0 Å². The monoisotopic (exact) mass is 269 g/mol. The van der Waals surface area contributed by atoms with E-state index in [0.717, 1.165) is 5.56 Å². The second-order valence-electron chi connectivity index (χ2n) is 4.02. The molecule has 6 heteroatoms. The Kier molecular flexibility index (Phi) is 3.04. The van der Waals surface area contributed by atoms with Crippen molar-refractivity contribution in [1.82, 2.24) is 15.1 Å². The molecule has 0 amide bonds. The number of ether oxygens (including phenoxy) is 1. The Morgan fingerprint density at radius 1 is 1.15 bits per heavy atom. The van der Waals surface area contributed by atoms with E-state index in [9.17, 15) is 5.11 Å². The lowest BCUT2D eigenvalue weighted by Gasteiger charge is -2.03. The van der Waals surface area contributed by atoms with Gasteiger partial charge < -0.3 is 14.4 Å². The molecule has 0 bridgehead atoms. The predicted octanol–water partition coefficient (Wildman–Crippen LogP) is 2.51. The molecule has 2 heterocycles. The van der Waals surface area contributed by atoms with Gasteiger partial charge in [0.25, 0.3) is 5.89 Å². The second kappa shape index (κ2) is 5.00. The third-order valence-corrected chi connectivity index (χ3v) is 2.80. The molecule has 0 unspecified atom stereocenters. The Bertz CT molecular complexity index is 740. The zero-order chi connectivity index (χ0) is 13.9. The van der Waals surface area contributed by atoms with Gasteiger partial charge in [-0.15, -0.1) is 0 Å². The van der Waals surface area contributed by atoms with E-state index in [4.69, 9.17) is 9.26 Å². The Morgan fingerprint density at radius 3 is 2.80 bits per heavy atom. The third-order valence-electron chi connectivity index (χ3n) is 2.80. The van der Waals surface area contributed by atoms with Crippen LogP contribution in [0.1, 0.15) is 0 Å². The fourth-order valence-corrected chi connectivity index (χ4v) is 1.84. The SMILES string of the molecule is COc1ccccc1-c1noc(-c2ccncc2O)n1. The molecule has 1 N–H and O–H groups in total. The molecule has 0 atom stereocenters. The first kappa shape index (κ1) is 12.2. The van der Waals surface area contributed by atoms with Crippen LogP contribution in [0.25, 0.3) is 22.8 Å². The van der Waals surface area contributed by atoms with E-state index in [1.54, 1.807) is 19.4 Å². The van der Waals surface area contributed by atoms with Crippen LogP contribution in [0.3, 0.4) is 0 Å². The Hall–Kier alpha value is -2.89. The van der Waals surface area contributed by atoms with Gasteiger partial charge >= 0.3 is 0 Å². The summed E-state index contributed by atoms with van der Waals surface area (Å²) in [4.78, 5) is 8.08. The Labute approximate surface area is 114 Å². The summed E-state index contributed by atoms with van der Waals surface area (Å²) in [5, 5.41) is 13.6. The predicted molar refractivity (Wildman–Crippen MR) is 71.2 cm³/mol. The van der Waals surface area contributed by atoms with Crippen molar-refractivity contribution in [2.75, 3.05) is 7.11 Å². The van der Waals surface area contributed by atoms with Crippen LogP contribution in [-0.2, 0) is 0 Å². The van der Waals surface area contributed by atoms with E-state index in [0.29, 0.717) is 17.1 Å². The van der Waals surface area contributed by atoms with Crippen LogP contribution in [0.15, 0.2) is 47.2 Å². The standard InChI is InChI=1S/C14H11N3O3/c1-19-12-5-3-2-4-10(12)13-16-14(20-17-13)9-6-7-15-8-11(9)18/h2-8,18H,1H3. The number of para-hydroxylation sites is 1. The van der Waals surface area contributed by atoms with Gasteiger partial charge in [0.1, 0.15) is 11.5 Å². The van der Waals surface area contributed by atoms with E-state index < -0.39 is 0 Å². The molecule has 0 saturated carbocycles. The van der Waals surface area contributed by atoms with Crippen molar-refractivity contribution in [2.45, 2.75) is 0 Å². The third kappa shape index (κ3) is 2.07. The highest BCUT2D eigenvalue weighted by Gasteiger charge is 2.16. The van der Waals surface area contributed by atoms with Crippen molar-refractivity contribution in [2.24, 2.45) is 0 Å². The first-order valence-corrected chi connectivity index (χ1v) is 5.90. The molecule has 0 aliphatic rings. The van der Waals surface area contributed by atoms with E-state index in [-0.39, 0.29) is 11.6 Å². The lowest BCUT2D eigenvalue weighted by Crippen LogP contribution is -1.88. The van der Waals surface area contributed by atoms with Crippen molar-refractivity contribution < 1.29 is 14.4 Å². The molecule has 0 radical (unpaired) electrons. The zero-order valence-corrected chi connectivity index (χ0v) is 10.6. The zero-order valence-electron chi connectivity index (χ0n) is 10.6. The molecule has 0 saturated heterocycles. The summed E-state index contributed by atoms with van der Waals surface area (Å²) in [6.45, 7) is 0. The average Bonchev–Trinajstić information content (AvgIpc) is 2.97. The Morgan fingerprint density at radius 2 is 2.00 bits per heavy atom. The summed E-state index contributed by atoms with van der Waals surface area (Å²) in [5.41, 5.74) is 1.16. The molecule has 1 aromatic carbocycles. The molecule has 3 aromatic rings. The number of benzene rings is 1. The summed E-state index contributed by atoms with van der Waals surface area (Å²) in [6.07, 6.45) is 2.87. The average molecular weight is 269 g/mol. The van der Waals surface area contributed by atoms with Crippen molar-refractivity contribution in [1.29, 1.82) is 0 Å². The van der Waals surface area contributed by atoms with Gasteiger partial charge in [-0.3, -0.25) is 4.98 Å². The van der Waals surface area contributed by atoms with Crippen molar-refractivity contribution in [3.05, 3.63) is 42.7 Å². The smallest absolute Gasteiger partial charge is 0.262 e. The number of aromatic hydroxyl groups is 1. The number of rotatable bonds is 3. The molecule has 0 fully saturated rings. The highest BCUT2D eigenvalue weighted by atomic mass is 16.5. The maximum absolute atomic E-state index is 9.73. The van der Waals surface area contributed by atoms with Gasteiger partial charge in [0.05, 0.1) is 24.4 Å². The highest BCUT2D eigenvalue weighted by molar-refractivity contribution is 5.67. The van der Waals surface area contributed by atoms with Gasteiger partial charge in [-0.2, -0.15) is 4.98 Å². The molecular formula is C14H11N3O3. The largest absolute Gasteiger partial charge is 0.505 e. The number of hydrogen-bond donors (Lipinski definition) is 1. The van der Waals surface area contributed by atoms with Crippen LogP contribution in [0, 0.1) is 0 Å². The van der Waals surface area contributed by atoms with Crippen LogP contribution >= 0.6 is 0 Å². The fourth-order valence-electron chi connectivity index (χ4n) is 1.84. The summed E-state index contributed by atoms with van der Waals surface area (Å²) < 4.78 is 10.4. The molecule has 0 aliphatic heterocycles. The van der Waals surface area contributed by atoms with Crippen molar-refractivity contribution in [3.8, 4) is 34.3 Å². The highest BCUT2D eigenvalue weighted by Crippen LogP contribution is 2.31. The molecule has 6 nitrogen and oxygen atoms in total. The van der Waals surface area contributed by atoms with E-state index in [1.807, 2.05) is 24.3 Å². The molecule has 3 rings (SSSR count). The minimum Gasteiger partial charge on any atom is -0.505 e. The molecule has 0 spiro atoms. The summed E-state index contributed by atoms with van der Waals surface area (Å²) >= 11 is 0. The van der Waals surface area contributed by atoms with Gasteiger partial charge in [-0.25, -0.2) is 0 Å². The molecule has 2 aromatic heterocycles. The number of aromatic nitrogens is 3. The Balaban J connectivity index is 2.05. The summed E-state index contributed by atoms with van der Waals surface area (Å²) in [6, 6.07) is 8.97. The van der Waals surface area contributed by atoms with E-state index >= 15 is 0 Å². The molecular weight excluding hydrogens is 258 g/mol. The topological polar surface area (TPSA) is 81.3 Å². The van der Waals surface area contributed by atoms with Gasteiger partial charge in [0, 0.05) is 6.20 Å². The second-order valence-corrected chi connectivity index (χ2v) is 4.02. The van der Waals surface area contributed by atoms with Crippen LogP contribution in [-0.4, -0.2) is 27.3 Å². The quantitative estimate of drug-likeness (QED) is 0.786. The van der Waals surface area contributed by atoms with Crippen LogP contribution in [0.2, 0.25) is 0 Å². The number of nitrogens with zero attached hydrogens (tertiary/aromatic N) is 3. The minimum absolute atomic E-state index is 0.0114. The van der Waals surface area contributed by atoms with E-state index in [1.165, 1.54) is 6.20 Å². The van der Waals surface area contributed by atoms with Gasteiger partial charge in [0.15, 0.2) is 0 Å². The van der Waals surface area contributed by atoms with Crippen LogP contribution in [0.5, 0.6) is 11.5 Å². The maximum Gasteiger partial charge on any atom is 0.262 e. The number of pyridine rings is 1. The fraction of sp³-hybridized carbons (Fsp3) is 0.0714. The van der Waals surface area contributed by atoms with Gasteiger partial charge in [-0.1, -0.05) is 17.3 Å². The summed E-state index contributed by atoms with van der Waals surface area (Å²) in [5.74, 6) is 1.26. The lowest BCUT2D eigenvalue weighted by atomic mass is 10.2. The van der Waals surface area contributed by atoms with Gasteiger partial charge in [0.2, 0.25) is 5.82 Å². The first-order chi connectivity index (χ1) is 9.79. The van der Waals surface area contributed by atoms with Crippen molar-refractivity contribution in [3.63, 3.8) is 0 Å². The van der Waals surface area contributed by atoms with Crippen molar-refractivity contribution >= 4 is 0 Å². The van der Waals surface area contributed by atoms with Crippen LogP contribution < -0.4 is 4.74 Å². The number of methoxy groups -OCH3 is 1. The maximum atomic E-state index is 9.73. The van der Waals surface area contributed by atoms with Gasteiger partial charge in [-0.05, 0) is 18.2 Å². The summed E-state index contributed by atoms with van der Waals surface area (Å²) in [7, 11) is 1.58. The minimum atomic E-state index is -0.0114. The first-order valence-electron chi connectivity index (χ1n) is 5.90. The normalized spacial score (nSPS) is 10.4. The van der Waals surface area contributed by atoms with E-state index in [2.05, 4.69) is 15.1 Å². The molecule has 20 heavy (non-hydrogen) atoms. The molecule has 0 aliphatic carbocycles. The molecule has 100 valence electrons. The lowest BCUT2D eigenvalue weighted by molar-refractivity contribution is 0.412.